The second-order valence-electron chi connectivity index (χ2n) is 5.57. The first kappa shape index (κ1) is 14.3. The number of nitrogens with zero attached hydrogens (tertiary/aromatic N) is 2. The summed E-state index contributed by atoms with van der Waals surface area (Å²) in [4.78, 5) is 8.31. The monoisotopic (exact) mass is 288 g/mol. The predicted molar refractivity (Wildman–Crippen MR) is 76.5 cm³/mol. The first-order valence-corrected chi connectivity index (χ1v) is 7.64. The highest BCUT2D eigenvalue weighted by molar-refractivity contribution is 7.11. The summed E-state index contributed by atoms with van der Waals surface area (Å²) in [6.45, 7) is 11.2. The van der Waals surface area contributed by atoms with Crippen molar-refractivity contribution in [3.63, 3.8) is 0 Å². The molecule has 0 amide bonds. The highest BCUT2D eigenvalue weighted by Gasteiger charge is 2.33. The van der Waals surface area contributed by atoms with E-state index in [4.69, 9.17) is 16.3 Å². The van der Waals surface area contributed by atoms with Crippen LogP contribution in [0.2, 0.25) is 0 Å². The van der Waals surface area contributed by atoms with E-state index in [-0.39, 0.29) is 11.7 Å². The highest BCUT2D eigenvalue weighted by Crippen LogP contribution is 2.25. The molecule has 1 saturated heterocycles. The van der Waals surface area contributed by atoms with E-state index in [2.05, 4.69) is 37.6 Å². The Bertz CT molecular complexity index is 400. The minimum Gasteiger partial charge on any atom is -0.368 e. The number of aryl methyl sites for hydroxylation is 2. The third-order valence-corrected chi connectivity index (χ3v) is 4.56. The van der Waals surface area contributed by atoms with E-state index in [1.54, 1.807) is 11.3 Å². The van der Waals surface area contributed by atoms with Crippen LogP contribution in [0, 0.1) is 13.8 Å². The zero-order valence-corrected chi connectivity index (χ0v) is 13.1. The lowest BCUT2D eigenvalue weighted by Crippen LogP contribution is -2.52. The van der Waals surface area contributed by atoms with Gasteiger partial charge in [-0.1, -0.05) is 0 Å². The zero-order valence-electron chi connectivity index (χ0n) is 11.5. The maximum absolute atomic E-state index is 5.94. The fourth-order valence-corrected chi connectivity index (χ4v) is 3.55. The maximum atomic E-state index is 5.94. The molecule has 1 aliphatic heterocycles. The minimum absolute atomic E-state index is 0.123. The van der Waals surface area contributed by atoms with Crippen LogP contribution >= 0.6 is 22.9 Å². The van der Waals surface area contributed by atoms with Crippen LogP contribution in [0.4, 0.5) is 0 Å². The third kappa shape index (κ3) is 3.44. The molecule has 0 radical (unpaired) electrons. The van der Waals surface area contributed by atoms with Gasteiger partial charge in [0.1, 0.15) is 5.01 Å². The Hall–Kier alpha value is -0.160. The zero-order chi connectivity index (χ0) is 13.3. The molecule has 1 atom stereocenters. The second kappa shape index (κ2) is 5.45. The van der Waals surface area contributed by atoms with Crippen molar-refractivity contribution in [3.8, 4) is 0 Å². The number of hydrogen-bond acceptors (Lipinski definition) is 4. The van der Waals surface area contributed by atoms with Crippen LogP contribution < -0.4 is 0 Å². The average molecular weight is 289 g/mol. The van der Waals surface area contributed by atoms with Crippen LogP contribution in [0.1, 0.15) is 29.4 Å². The Kier molecular flexibility index (Phi) is 4.32. The fourth-order valence-electron chi connectivity index (χ4n) is 2.42. The molecule has 5 heteroatoms. The molecule has 2 heterocycles. The number of aromatic nitrogens is 1. The Morgan fingerprint density at radius 1 is 1.50 bits per heavy atom. The van der Waals surface area contributed by atoms with Gasteiger partial charge in [0.25, 0.3) is 0 Å². The summed E-state index contributed by atoms with van der Waals surface area (Å²) < 4.78 is 5.93. The van der Waals surface area contributed by atoms with Gasteiger partial charge in [0, 0.05) is 23.8 Å². The third-order valence-electron chi connectivity index (χ3n) is 3.16. The van der Waals surface area contributed by atoms with Gasteiger partial charge in [-0.05, 0) is 27.7 Å². The van der Waals surface area contributed by atoms with Gasteiger partial charge in [0.15, 0.2) is 0 Å². The topological polar surface area (TPSA) is 25.4 Å². The maximum Gasteiger partial charge on any atom is 0.107 e. The Morgan fingerprint density at radius 2 is 2.22 bits per heavy atom. The van der Waals surface area contributed by atoms with Crippen molar-refractivity contribution in [3.05, 3.63) is 15.6 Å². The van der Waals surface area contributed by atoms with Gasteiger partial charge in [-0.3, -0.25) is 4.90 Å². The van der Waals surface area contributed by atoms with Gasteiger partial charge in [-0.15, -0.1) is 22.9 Å². The van der Waals surface area contributed by atoms with Crippen LogP contribution in [0.5, 0.6) is 0 Å². The molecule has 0 saturated carbocycles. The van der Waals surface area contributed by atoms with Gasteiger partial charge < -0.3 is 4.74 Å². The quantitative estimate of drug-likeness (QED) is 0.800. The number of thiazole rings is 1. The first-order chi connectivity index (χ1) is 8.39. The van der Waals surface area contributed by atoms with Gasteiger partial charge in [0.05, 0.1) is 23.9 Å². The van der Waals surface area contributed by atoms with E-state index in [1.165, 1.54) is 9.88 Å². The van der Waals surface area contributed by atoms with Gasteiger partial charge in [-0.25, -0.2) is 4.98 Å². The molecule has 1 aromatic rings. The number of ether oxygens (including phenoxy) is 1. The number of morpholine rings is 1. The molecule has 102 valence electrons. The molecule has 1 unspecified atom stereocenters. The van der Waals surface area contributed by atoms with E-state index in [9.17, 15) is 0 Å². The van der Waals surface area contributed by atoms with Crippen LogP contribution in [-0.4, -0.2) is 40.6 Å². The molecule has 1 aromatic heterocycles. The SMILES string of the molecule is Cc1nc(CN2CC(CCl)OC(C)(C)C2)sc1C. The molecule has 3 nitrogen and oxygen atoms in total. The lowest BCUT2D eigenvalue weighted by molar-refractivity contribution is -0.129. The molecule has 2 rings (SSSR count). The standard InChI is InChI=1S/C13H21ClN2OS/c1-9-10(2)18-12(15-9)7-16-6-11(5-14)17-13(3,4)8-16/h11H,5-8H2,1-4H3. The number of alkyl halides is 1. The summed E-state index contributed by atoms with van der Waals surface area (Å²) in [5.41, 5.74) is 1.02. The molecular weight excluding hydrogens is 268 g/mol. The molecule has 1 fully saturated rings. The number of rotatable bonds is 3. The molecule has 0 aliphatic carbocycles. The highest BCUT2D eigenvalue weighted by atomic mass is 35.5. The van der Waals surface area contributed by atoms with Crippen molar-refractivity contribution in [2.75, 3.05) is 19.0 Å². The van der Waals surface area contributed by atoms with Crippen LogP contribution in [-0.2, 0) is 11.3 Å². The summed E-state index contributed by atoms with van der Waals surface area (Å²) in [6.07, 6.45) is 0.123. The lowest BCUT2D eigenvalue weighted by Gasteiger charge is -2.42. The molecular formula is C13H21ClN2OS. The van der Waals surface area contributed by atoms with Crippen LogP contribution in [0.15, 0.2) is 0 Å². The normalized spacial score (nSPS) is 24.4. The molecule has 0 N–H and O–H groups in total. The summed E-state index contributed by atoms with van der Waals surface area (Å²) in [5.74, 6) is 0.551. The Morgan fingerprint density at radius 3 is 2.78 bits per heavy atom. The Labute approximate surface area is 118 Å². The number of hydrogen-bond donors (Lipinski definition) is 0. The summed E-state index contributed by atoms with van der Waals surface area (Å²) in [7, 11) is 0. The number of halogens is 1. The minimum atomic E-state index is -0.126. The van der Waals surface area contributed by atoms with Gasteiger partial charge >= 0.3 is 0 Å². The van der Waals surface area contributed by atoms with Crippen LogP contribution in [0.3, 0.4) is 0 Å². The van der Waals surface area contributed by atoms with Crippen LogP contribution in [0.25, 0.3) is 0 Å². The smallest absolute Gasteiger partial charge is 0.107 e. The van der Waals surface area contributed by atoms with Gasteiger partial charge in [-0.2, -0.15) is 0 Å². The Balaban J connectivity index is 2.04. The lowest BCUT2D eigenvalue weighted by atomic mass is 10.1. The van der Waals surface area contributed by atoms with Crippen molar-refractivity contribution >= 4 is 22.9 Å². The van der Waals surface area contributed by atoms with Crippen molar-refractivity contribution < 1.29 is 4.74 Å². The summed E-state index contributed by atoms with van der Waals surface area (Å²) in [6, 6.07) is 0. The molecule has 18 heavy (non-hydrogen) atoms. The van der Waals surface area contributed by atoms with E-state index in [1.807, 2.05) is 0 Å². The first-order valence-electron chi connectivity index (χ1n) is 6.28. The largest absolute Gasteiger partial charge is 0.368 e. The van der Waals surface area contributed by atoms with E-state index in [0.717, 1.165) is 25.3 Å². The summed E-state index contributed by atoms with van der Waals surface area (Å²) in [5, 5.41) is 1.19. The average Bonchev–Trinajstić information content (AvgIpc) is 2.55. The fraction of sp³-hybridized carbons (Fsp3) is 0.769. The van der Waals surface area contributed by atoms with Gasteiger partial charge in [0.2, 0.25) is 0 Å². The van der Waals surface area contributed by atoms with E-state index < -0.39 is 0 Å². The molecule has 0 bridgehead atoms. The van der Waals surface area contributed by atoms with Crippen molar-refractivity contribution in [1.82, 2.24) is 9.88 Å². The van der Waals surface area contributed by atoms with Crippen molar-refractivity contribution in [2.24, 2.45) is 0 Å². The second-order valence-corrected chi connectivity index (χ2v) is 7.17. The molecule has 0 spiro atoms. The predicted octanol–water partition coefficient (Wildman–Crippen LogP) is 2.98. The molecule has 0 aromatic carbocycles. The van der Waals surface area contributed by atoms with Crippen molar-refractivity contribution in [1.29, 1.82) is 0 Å². The van der Waals surface area contributed by atoms with E-state index >= 15 is 0 Å². The van der Waals surface area contributed by atoms with E-state index in [0.29, 0.717) is 5.88 Å². The van der Waals surface area contributed by atoms with Crippen molar-refractivity contribution in [2.45, 2.75) is 45.9 Å². The molecule has 1 aliphatic rings. The summed E-state index contributed by atoms with van der Waals surface area (Å²) >= 11 is 7.73.